The van der Waals surface area contributed by atoms with E-state index in [2.05, 4.69) is 10.4 Å². The lowest BCUT2D eigenvalue weighted by atomic mass is 10.0. The second kappa shape index (κ2) is 6.44. The van der Waals surface area contributed by atoms with Gasteiger partial charge in [0.05, 0.1) is 12.2 Å². The number of aromatic nitrogens is 2. The topological polar surface area (TPSA) is 64.0 Å². The minimum absolute atomic E-state index is 0.150. The van der Waals surface area contributed by atoms with E-state index in [0.29, 0.717) is 18.7 Å². The van der Waals surface area contributed by atoms with Crippen LogP contribution in [0.25, 0.3) is 10.8 Å². The van der Waals surface area contributed by atoms with Crippen molar-refractivity contribution in [3.05, 3.63) is 76.2 Å². The summed E-state index contributed by atoms with van der Waals surface area (Å²) in [5.41, 5.74) is 1.23. The minimum atomic E-state index is -0.171. The summed E-state index contributed by atoms with van der Waals surface area (Å²) in [7, 11) is 0. The van der Waals surface area contributed by atoms with Crippen molar-refractivity contribution < 1.29 is 4.79 Å². The van der Waals surface area contributed by atoms with Crippen LogP contribution in [0.15, 0.2) is 59.4 Å². The quantitative estimate of drug-likeness (QED) is 0.803. The van der Waals surface area contributed by atoms with Gasteiger partial charge in [-0.2, -0.15) is 5.10 Å². The van der Waals surface area contributed by atoms with Crippen molar-refractivity contribution in [3.63, 3.8) is 0 Å². The maximum Gasteiger partial charge on any atom is 0.266 e. The molecule has 3 rings (SSSR count). The van der Waals surface area contributed by atoms with E-state index in [0.717, 1.165) is 16.5 Å². The molecule has 0 unspecified atom stereocenters. The maximum atomic E-state index is 12.4. The molecular formula is C18H17N3O2. The molecule has 0 aliphatic rings. The Labute approximate surface area is 133 Å². The molecule has 3 aromatic rings. The first-order valence-electron chi connectivity index (χ1n) is 7.46. The molecule has 0 radical (unpaired) electrons. The normalized spacial score (nSPS) is 10.7. The van der Waals surface area contributed by atoms with Crippen molar-refractivity contribution in [1.29, 1.82) is 0 Å². The summed E-state index contributed by atoms with van der Waals surface area (Å²) >= 11 is 0. The molecule has 2 aromatic carbocycles. The first-order valence-corrected chi connectivity index (χ1v) is 7.46. The van der Waals surface area contributed by atoms with Crippen LogP contribution in [0, 0.1) is 6.92 Å². The van der Waals surface area contributed by atoms with Gasteiger partial charge in [0, 0.05) is 18.2 Å². The smallest absolute Gasteiger partial charge is 0.266 e. The lowest BCUT2D eigenvalue weighted by molar-refractivity contribution is 0.0953. The fourth-order valence-corrected chi connectivity index (χ4v) is 2.51. The average molecular weight is 307 g/mol. The number of hydrogen-bond donors (Lipinski definition) is 1. The SMILES string of the molecule is Cc1ccc(=O)n(CCNC(=O)c2cccc3ccccc23)n1. The van der Waals surface area contributed by atoms with Crippen LogP contribution in [0.5, 0.6) is 0 Å². The van der Waals surface area contributed by atoms with Crippen molar-refractivity contribution in [2.24, 2.45) is 0 Å². The molecule has 1 aromatic heterocycles. The molecule has 1 amide bonds. The van der Waals surface area contributed by atoms with E-state index in [1.54, 1.807) is 12.1 Å². The van der Waals surface area contributed by atoms with Gasteiger partial charge < -0.3 is 5.32 Å². The zero-order chi connectivity index (χ0) is 16.2. The van der Waals surface area contributed by atoms with Gasteiger partial charge >= 0.3 is 0 Å². The maximum absolute atomic E-state index is 12.4. The second-order valence-corrected chi connectivity index (χ2v) is 5.32. The third kappa shape index (κ3) is 3.29. The summed E-state index contributed by atoms with van der Waals surface area (Å²) in [6.45, 7) is 2.51. The Balaban J connectivity index is 1.72. The van der Waals surface area contributed by atoms with Crippen molar-refractivity contribution in [1.82, 2.24) is 15.1 Å². The van der Waals surface area contributed by atoms with Gasteiger partial charge in [0.1, 0.15) is 0 Å². The third-order valence-electron chi connectivity index (χ3n) is 3.64. The van der Waals surface area contributed by atoms with Crippen LogP contribution < -0.4 is 10.9 Å². The third-order valence-corrected chi connectivity index (χ3v) is 3.64. The van der Waals surface area contributed by atoms with Gasteiger partial charge in [-0.3, -0.25) is 9.59 Å². The lowest BCUT2D eigenvalue weighted by Crippen LogP contribution is -2.32. The number of benzene rings is 2. The Hall–Kier alpha value is -2.95. The molecule has 116 valence electrons. The zero-order valence-electron chi connectivity index (χ0n) is 12.8. The average Bonchev–Trinajstić information content (AvgIpc) is 2.57. The molecule has 0 saturated carbocycles. The van der Waals surface area contributed by atoms with E-state index in [1.807, 2.05) is 43.3 Å². The van der Waals surface area contributed by atoms with E-state index in [-0.39, 0.29) is 11.5 Å². The zero-order valence-corrected chi connectivity index (χ0v) is 12.8. The number of nitrogens with zero attached hydrogens (tertiary/aromatic N) is 2. The summed E-state index contributed by atoms with van der Waals surface area (Å²) in [6, 6.07) is 16.6. The second-order valence-electron chi connectivity index (χ2n) is 5.32. The number of carbonyl (C=O) groups excluding carboxylic acids is 1. The van der Waals surface area contributed by atoms with Gasteiger partial charge in [-0.25, -0.2) is 4.68 Å². The largest absolute Gasteiger partial charge is 0.350 e. The van der Waals surface area contributed by atoms with Crippen LogP contribution in [0.2, 0.25) is 0 Å². The Morgan fingerprint density at radius 1 is 1.09 bits per heavy atom. The summed E-state index contributed by atoms with van der Waals surface area (Å²) in [5.74, 6) is -0.150. The van der Waals surface area contributed by atoms with Crippen molar-refractivity contribution in [2.75, 3.05) is 6.54 Å². The fourth-order valence-electron chi connectivity index (χ4n) is 2.51. The first kappa shape index (κ1) is 15.0. The van der Waals surface area contributed by atoms with Crippen molar-refractivity contribution in [3.8, 4) is 0 Å². The molecular weight excluding hydrogens is 290 g/mol. The molecule has 0 aliphatic heterocycles. The molecule has 0 fully saturated rings. The highest BCUT2D eigenvalue weighted by Crippen LogP contribution is 2.18. The summed E-state index contributed by atoms with van der Waals surface area (Å²) in [5, 5.41) is 8.93. The highest BCUT2D eigenvalue weighted by Gasteiger charge is 2.09. The number of aryl methyl sites for hydroxylation is 1. The van der Waals surface area contributed by atoms with Crippen LogP contribution in [0.4, 0.5) is 0 Å². The van der Waals surface area contributed by atoms with Gasteiger partial charge in [0.25, 0.3) is 11.5 Å². The van der Waals surface area contributed by atoms with Crippen LogP contribution in [-0.2, 0) is 6.54 Å². The first-order chi connectivity index (χ1) is 11.1. The molecule has 0 bridgehead atoms. The number of rotatable bonds is 4. The molecule has 1 heterocycles. The molecule has 0 aliphatic carbocycles. The Morgan fingerprint density at radius 3 is 2.74 bits per heavy atom. The van der Waals surface area contributed by atoms with Gasteiger partial charge in [0.15, 0.2) is 0 Å². The van der Waals surface area contributed by atoms with Crippen LogP contribution >= 0.6 is 0 Å². The molecule has 5 heteroatoms. The van der Waals surface area contributed by atoms with Crippen LogP contribution in [-0.4, -0.2) is 22.2 Å². The standard InChI is InChI=1S/C18H17N3O2/c1-13-9-10-17(22)21(20-13)12-11-19-18(23)16-8-4-6-14-5-2-3-7-15(14)16/h2-10H,11-12H2,1H3,(H,19,23). The van der Waals surface area contributed by atoms with Crippen LogP contribution in [0.1, 0.15) is 16.1 Å². The number of fused-ring (bicyclic) bond motifs is 1. The van der Waals surface area contributed by atoms with Gasteiger partial charge in [-0.1, -0.05) is 36.4 Å². The molecule has 0 atom stereocenters. The summed E-state index contributed by atoms with van der Waals surface area (Å²) in [6.07, 6.45) is 0. The predicted molar refractivity (Wildman–Crippen MR) is 89.5 cm³/mol. The van der Waals surface area contributed by atoms with E-state index in [4.69, 9.17) is 0 Å². The molecule has 5 nitrogen and oxygen atoms in total. The Kier molecular flexibility index (Phi) is 4.19. The molecule has 1 N–H and O–H groups in total. The number of hydrogen-bond acceptors (Lipinski definition) is 3. The lowest BCUT2D eigenvalue weighted by Gasteiger charge is -2.09. The molecule has 23 heavy (non-hydrogen) atoms. The van der Waals surface area contributed by atoms with Crippen molar-refractivity contribution in [2.45, 2.75) is 13.5 Å². The van der Waals surface area contributed by atoms with E-state index < -0.39 is 0 Å². The van der Waals surface area contributed by atoms with Gasteiger partial charge in [-0.05, 0) is 29.8 Å². The van der Waals surface area contributed by atoms with Gasteiger partial charge in [-0.15, -0.1) is 0 Å². The Morgan fingerprint density at radius 2 is 1.87 bits per heavy atom. The van der Waals surface area contributed by atoms with Crippen molar-refractivity contribution >= 4 is 16.7 Å². The number of amides is 1. The number of carbonyl (C=O) groups is 1. The monoisotopic (exact) mass is 307 g/mol. The molecule has 0 spiro atoms. The van der Waals surface area contributed by atoms with Crippen LogP contribution in [0.3, 0.4) is 0 Å². The Bertz CT molecular complexity index is 910. The van der Waals surface area contributed by atoms with Gasteiger partial charge in [0.2, 0.25) is 0 Å². The highest BCUT2D eigenvalue weighted by atomic mass is 16.2. The minimum Gasteiger partial charge on any atom is -0.350 e. The van der Waals surface area contributed by atoms with E-state index in [1.165, 1.54) is 10.7 Å². The highest BCUT2D eigenvalue weighted by molar-refractivity contribution is 6.06. The van der Waals surface area contributed by atoms with E-state index >= 15 is 0 Å². The summed E-state index contributed by atoms with van der Waals surface area (Å²) < 4.78 is 1.36. The van der Waals surface area contributed by atoms with E-state index in [9.17, 15) is 9.59 Å². The molecule has 0 saturated heterocycles. The fraction of sp³-hybridized carbons (Fsp3) is 0.167. The summed E-state index contributed by atoms with van der Waals surface area (Å²) in [4.78, 5) is 24.1. The number of nitrogens with one attached hydrogen (secondary N) is 1. The predicted octanol–water partition coefficient (Wildman–Crippen LogP) is 2.13.